The molecule has 0 unspecified atom stereocenters. The zero-order valence-electron chi connectivity index (χ0n) is 16.6. The fraction of sp³-hybridized carbons (Fsp3) is 0.952. The summed E-state index contributed by atoms with van der Waals surface area (Å²) in [6, 6.07) is 0. The number of carbonyl (C=O) groups excluding carboxylic acids is 1. The van der Waals surface area contributed by atoms with Crippen LogP contribution in [-0.4, -0.2) is 29.9 Å². The van der Waals surface area contributed by atoms with Gasteiger partial charge in [-0.3, -0.25) is 4.79 Å². The molecular weight excluding hydrogens is 348 g/mol. The van der Waals surface area contributed by atoms with Gasteiger partial charge in [0.05, 0.1) is 5.92 Å². The quantitative estimate of drug-likeness (QED) is 0.534. The average molecular weight is 380 g/mol. The molecule has 6 rings (SSSR count). The second-order valence-corrected chi connectivity index (χ2v) is 9.69. The lowest BCUT2D eigenvalue weighted by Gasteiger charge is -2.59. The highest BCUT2D eigenvalue weighted by atomic mass is 17.3. The number of ether oxygens (including phenoxy) is 3. The first-order chi connectivity index (χ1) is 12.9. The molecule has 0 aromatic carbocycles. The van der Waals surface area contributed by atoms with Gasteiger partial charge < -0.3 is 14.2 Å². The maximum Gasteiger partial charge on any atom is 0.311 e. The van der Waals surface area contributed by atoms with E-state index < -0.39 is 24.0 Å². The molecule has 0 aromatic heterocycles. The van der Waals surface area contributed by atoms with Gasteiger partial charge in [0.1, 0.15) is 0 Å². The van der Waals surface area contributed by atoms with E-state index in [1.807, 2.05) is 6.92 Å². The molecule has 2 bridgehead atoms. The minimum absolute atomic E-state index is 0.0272. The van der Waals surface area contributed by atoms with Crippen molar-refractivity contribution >= 4 is 5.97 Å². The second-order valence-electron chi connectivity index (χ2n) is 9.69. The summed E-state index contributed by atoms with van der Waals surface area (Å²) in [5.41, 5.74) is -0.594. The number of esters is 1. The molecule has 6 nitrogen and oxygen atoms in total. The number of carbonyl (C=O) groups is 1. The number of rotatable bonds is 2. The summed E-state index contributed by atoms with van der Waals surface area (Å²) in [6.07, 6.45) is 6.93. The van der Waals surface area contributed by atoms with Crippen LogP contribution in [0.2, 0.25) is 0 Å². The van der Waals surface area contributed by atoms with E-state index in [9.17, 15) is 4.79 Å². The van der Waals surface area contributed by atoms with Gasteiger partial charge in [0, 0.05) is 18.3 Å². The fourth-order valence-electron chi connectivity index (χ4n) is 6.38. The molecule has 2 aliphatic carbocycles. The van der Waals surface area contributed by atoms with Gasteiger partial charge in [-0.25, -0.2) is 9.78 Å². The molecule has 6 fully saturated rings. The molecule has 27 heavy (non-hydrogen) atoms. The van der Waals surface area contributed by atoms with Gasteiger partial charge in [-0.1, -0.05) is 26.7 Å². The van der Waals surface area contributed by atoms with Crippen LogP contribution in [0.1, 0.15) is 72.1 Å². The predicted molar refractivity (Wildman–Crippen MR) is 94.9 cm³/mol. The first kappa shape index (κ1) is 18.3. The molecule has 0 aromatic rings. The normalized spacial score (nSPS) is 52.3. The third-order valence-electron chi connectivity index (χ3n) is 8.02. The molecule has 0 N–H and O–H groups in total. The van der Waals surface area contributed by atoms with Crippen LogP contribution in [-0.2, 0) is 28.8 Å². The summed E-state index contributed by atoms with van der Waals surface area (Å²) >= 11 is 0. The summed E-state index contributed by atoms with van der Waals surface area (Å²) < 4.78 is 18.5. The molecule has 1 spiro atoms. The minimum Gasteiger partial charge on any atom is -0.435 e. The SMILES string of the molecule is C[C@@H]1[C@H](OC(=O)C2CCCC2)O[C@@H]2O[C@@]3(C)CC[C@@H]4[C@H](C)CC[C@H]1[C@@]24OO3. The van der Waals surface area contributed by atoms with Crippen LogP contribution in [0.5, 0.6) is 0 Å². The predicted octanol–water partition coefficient (Wildman–Crippen LogP) is 3.93. The van der Waals surface area contributed by atoms with E-state index in [1.54, 1.807) is 0 Å². The van der Waals surface area contributed by atoms with Gasteiger partial charge in [-0.2, -0.15) is 0 Å². The molecule has 0 amide bonds. The van der Waals surface area contributed by atoms with Gasteiger partial charge in [0.15, 0.2) is 11.9 Å². The van der Waals surface area contributed by atoms with Gasteiger partial charge >= 0.3 is 5.97 Å². The van der Waals surface area contributed by atoms with Crippen molar-refractivity contribution in [2.45, 2.75) is 96.1 Å². The lowest BCUT2D eigenvalue weighted by atomic mass is 9.58. The molecular formula is C21H32O6. The van der Waals surface area contributed by atoms with Gasteiger partial charge in [0.2, 0.25) is 12.1 Å². The topological polar surface area (TPSA) is 63.2 Å². The molecule has 4 saturated heterocycles. The lowest BCUT2D eigenvalue weighted by Crippen LogP contribution is -2.70. The first-order valence-electron chi connectivity index (χ1n) is 10.8. The summed E-state index contributed by atoms with van der Waals surface area (Å²) in [4.78, 5) is 24.6. The Labute approximate surface area is 161 Å². The standard InChI is InChI=1S/C21H32O6/c1-12-8-9-16-13(2)18(23-17(22)14-6-4-5-7-14)24-19-21(16)15(12)10-11-20(3,25-19)26-27-21/h12-16,18-19H,4-11H2,1-3H3/t12-,13+,15-,16-,18-,19-,20-,21-/m1/s1. The number of fused-ring (bicyclic) bond motifs is 2. The third-order valence-corrected chi connectivity index (χ3v) is 8.02. The Hall–Kier alpha value is -0.690. The Morgan fingerprint density at radius 3 is 2.56 bits per heavy atom. The Kier molecular flexibility index (Phi) is 4.35. The molecule has 0 radical (unpaired) electrons. The lowest BCUT2D eigenvalue weighted by molar-refractivity contribution is -0.576. The van der Waals surface area contributed by atoms with Crippen molar-refractivity contribution in [1.82, 2.24) is 0 Å². The van der Waals surface area contributed by atoms with Gasteiger partial charge in [0.25, 0.3) is 0 Å². The van der Waals surface area contributed by atoms with Crippen LogP contribution in [0.15, 0.2) is 0 Å². The summed E-state index contributed by atoms with van der Waals surface area (Å²) in [7, 11) is 0. The zero-order valence-corrected chi connectivity index (χ0v) is 16.6. The first-order valence-corrected chi connectivity index (χ1v) is 10.8. The fourth-order valence-corrected chi connectivity index (χ4v) is 6.38. The summed E-state index contributed by atoms with van der Waals surface area (Å²) in [5, 5.41) is 0. The highest BCUT2D eigenvalue weighted by molar-refractivity contribution is 5.72. The van der Waals surface area contributed by atoms with Crippen molar-refractivity contribution in [3.05, 3.63) is 0 Å². The Morgan fingerprint density at radius 1 is 1.00 bits per heavy atom. The van der Waals surface area contributed by atoms with E-state index in [0.29, 0.717) is 11.8 Å². The van der Waals surface area contributed by atoms with Crippen LogP contribution in [0.25, 0.3) is 0 Å². The van der Waals surface area contributed by atoms with Crippen molar-refractivity contribution in [1.29, 1.82) is 0 Å². The highest BCUT2D eigenvalue weighted by Gasteiger charge is 2.69. The molecule has 152 valence electrons. The van der Waals surface area contributed by atoms with E-state index in [-0.39, 0.29) is 23.7 Å². The minimum atomic E-state index is -0.794. The molecule has 6 aliphatic rings. The molecule has 2 saturated carbocycles. The van der Waals surface area contributed by atoms with Crippen LogP contribution < -0.4 is 0 Å². The van der Waals surface area contributed by atoms with E-state index in [1.165, 1.54) is 0 Å². The second kappa shape index (κ2) is 6.41. The molecule has 4 heterocycles. The van der Waals surface area contributed by atoms with Crippen LogP contribution in [0.3, 0.4) is 0 Å². The summed E-state index contributed by atoms with van der Waals surface area (Å²) in [5.74, 6) is 0.239. The Balaban J connectivity index is 1.43. The molecule has 4 aliphatic heterocycles. The maximum atomic E-state index is 12.6. The smallest absolute Gasteiger partial charge is 0.311 e. The van der Waals surface area contributed by atoms with E-state index in [4.69, 9.17) is 24.0 Å². The zero-order chi connectivity index (χ0) is 18.8. The monoisotopic (exact) mass is 380 g/mol. The largest absolute Gasteiger partial charge is 0.435 e. The van der Waals surface area contributed by atoms with Crippen LogP contribution in [0.4, 0.5) is 0 Å². The Morgan fingerprint density at radius 2 is 1.78 bits per heavy atom. The molecule has 6 heteroatoms. The van der Waals surface area contributed by atoms with E-state index >= 15 is 0 Å². The summed E-state index contributed by atoms with van der Waals surface area (Å²) in [6.45, 7) is 6.34. The van der Waals surface area contributed by atoms with Crippen LogP contribution >= 0.6 is 0 Å². The number of hydrogen-bond donors (Lipinski definition) is 0. The van der Waals surface area contributed by atoms with Crippen molar-refractivity contribution in [2.75, 3.05) is 0 Å². The Bertz CT molecular complexity index is 603. The average Bonchev–Trinajstić information content (AvgIpc) is 3.09. The van der Waals surface area contributed by atoms with Gasteiger partial charge in [-0.05, 0) is 50.9 Å². The van der Waals surface area contributed by atoms with E-state index in [2.05, 4.69) is 13.8 Å². The van der Waals surface area contributed by atoms with Crippen molar-refractivity contribution in [2.24, 2.45) is 29.6 Å². The van der Waals surface area contributed by atoms with Crippen LogP contribution in [0, 0.1) is 29.6 Å². The maximum absolute atomic E-state index is 12.6. The van der Waals surface area contributed by atoms with E-state index in [0.717, 1.165) is 51.4 Å². The molecule has 8 atom stereocenters. The van der Waals surface area contributed by atoms with Crippen molar-refractivity contribution in [3.63, 3.8) is 0 Å². The third kappa shape index (κ3) is 2.70. The van der Waals surface area contributed by atoms with Crippen molar-refractivity contribution in [3.8, 4) is 0 Å². The van der Waals surface area contributed by atoms with Crippen molar-refractivity contribution < 1.29 is 28.8 Å². The van der Waals surface area contributed by atoms with Gasteiger partial charge in [-0.15, -0.1) is 0 Å². The number of hydrogen-bond acceptors (Lipinski definition) is 6. The highest BCUT2D eigenvalue weighted by Crippen LogP contribution is 2.60.